The largest absolute Gasteiger partial charge is 0.417 e. The SMILES string of the molecule is Fc1ccc(C(F)(F)F)c(-c2cc3c(nn2)C2CCC3C2)c1. The predicted molar refractivity (Wildman–Crippen MR) is 71.8 cm³/mol. The maximum absolute atomic E-state index is 13.4. The average Bonchev–Trinajstić information content (AvgIpc) is 3.07. The van der Waals surface area contributed by atoms with Crippen molar-refractivity contribution in [1.29, 1.82) is 0 Å². The van der Waals surface area contributed by atoms with Crippen molar-refractivity contribution in [3.05, 3.63) is 46.9 Å². The Labute approximate surface area is 124 Å². The second-order valence-corrected chi connectivity index (χ2v) is 5.96. The molecule has 2 nitrogen and oxygen atoms in total. The molecular weight excluding hydrogens is 296 g/mol. The van der Waals surface area contributed by atoms with E-state index in [0.29, 0.717) is 11.8 Å². The molecule has 0 saturated heterocycles. The van der Waals surface area contributed by atoms with Crippen LogP contribution in [0.5, 0.6) is 0 Å². The van der Waals surface area contributed by atoms with E-state index in [0.717, 1.165) is 48.7 Å². The number of benzene rings is 1. The van der Waals surface area contributed by atoms with Crippen LogP contribution in [0.3, 0.4) is 0 Å². The van der Waals surface area contributed by atoms with Crippen LogP contribution < -0.4 is 0 Å². The minimum Gasteiger partial charge on any atom is -0.207 e. The lowest BCUT2D eigenvalue weighted by Crippen LogP contribution is -2.09. The normalized spacial score (nSPS) is 22.9. The van der Waals surface area contributed by atoms with Gasteiger partial charge in [0.2, 0.25) is 0 Å². The summed E-state index contributed by atoms with van der Waals surface area (Å²) in [6, 6.07) is 4.11. The van der Waals surface area contributed by atoms with Gasteiger partial charge in [-0.1, -0.05) is 0 Å². The molecule has 1 heterocycles. The molecule has 1 aromatic carbocycles. The van der Waals surface area contributed by atoms with Gasteiger partial charge in [0.05, 0.1) is 17.0 Å². The van der Waals surface area contributed by atoms with Crippen LogP contribution in [0.25, 0.3) is 11.3 Å². The van der Waals surface area contributed by atoms with Crippen LogP contribution >= 0.6 is 0 Å². The first-order valence-corrected chi connectivity index (χ1v) is 7.18. The molecule has 0 aliphatic heterocycles. The number of nitrogens with zero attached hydrogens (tertiary/aromatic N) is 2. The number of hydrogen-bond acceptors (Lipinski definition) is 2. The van der Waals surface area contributed by atoms with Gasteiger partial charge in [0.25, 0.3) is 0 Å². The minimum atomic E-state index is -4.55. The van der Waals surface area contributed by atoms with Gasteiger partial charge in [0.15, 0.2) is 0 Å². The smallest absolute Gasteiger partial charge is 0.207 e. The number of halogens is 4. The summed E-state index contributed by atoms with van der Waals surface area (Å²) in [5.74, 6) is 0.0279. The molecule has 0 N–H and O–H groups in total. The van der Waals surface area contributed by atoms with Crippen LogP contribution in [0.15, 0.2) is 24.3 Å². The monoisotopic (exact) mass is 308 g/mol. The molecule has 4 rings (SSSR count). The van der Waals surface area contributed by atoms with E-state index >= 15 is 0 Å². The average molecular weight is 308 g/mol. The Morgan fingerprint density at radius 3 is 2.55 bits per heavy atom. The van der Waals surface area contributed by atoms with Crippen molar-refractivity contribution < 1.29 is 17.6 Å². The topological polar surface area (TPSA) is 25.8 Å². The van der Waals surface area contributed by atoms with Crippen molar-refractivity contribution in [2.24, 2.45) is 0 Å². The third-order valence-electron chi connectivity index (χ3n) is 4.68. The fourth-order valence-electron chi connectivity index (χ4n) is 3.68. The number of aromatic nitrogens is 2. The van der Waals surface area contributed by atoms with Crippen molar-refractivity contribution in [2.45, 2.75) is 37.3 Å². The third-order valence-corrected chi connectivity index (χ3v) is 4.68. The van der Waals surface area contributed by atoms with Gasteiger partial charge in [-0.15, -0.1) is 0 Å². The lowest BCUT2D eigenvalue weighted by Gasteiger charge is -2.16. The molecule has 6 heteroatoms. The highest BCUT2D eigenvalue weighted by molar-refractivity contribution is 5.65. The fourth-order valence-corrected chi connectivity index (χ4v) is 3.68. The Bertz CT molecular complexity index is 754. The number of alkyl halides is 3. The molecule has 2 bridgehead atoms. The van der Waals surface area contributed by atoms with Crippen LogP contribution in [-0.2, 0) is 6.18 Å². The van der Waals surface area contributed by atoms with Gasteiger partial charge in [-0.2, -0.15) is 23.4 Å². The summed E-state index contributed by atoms with van der Waals surface area (Å²) < 4.78 is 52.8. The quantitative estimate of drug-likeness (QED) is 0.716. The van der Waals surface area contributed by atoms with Gasteiger partial charge in [-0.05, 0) is 55.0 Å². The first-order valence-electron chi connectivity index (χ1n) is 7.18. The highest BCUT2D eigenvalue weighted by atomic mass is 19.4. The second-order valence-electron chi connectivity index (χ2n) is 5.96. The zero-order chi connectivity index (χ0) is 15.5. The van der Waals surface area contributed by atoms with E-state index < -0.39 is 17.6 Å². The van der Waals surface area contributed by atoms with E-state index in [-0.39, 0.29) is 11.3 Å². The molecule has 1 aromatic heterocycles. The first kappa shape index (κ1) is 13.7. The summed E-state index contributed by atoms with van der Waals surface area (Å²) in [6.45, 7) is 0. The van der Waals surface area contributed by atoms with Crippen molar-refractivity contribution in [3.63, 3.8) is 0 Å². The van der Waals surface area contributed by atoms with Gasteiger partial charge < -0.3 is 0 Å². The Morgan fingerprint density at radius 1 is 1.00 bits per heavy atom. The molecule has 0 radical (unpaired) electrons. The minimum absolute atomic E-state index is 0.0955. The molecule has 0 spiro atoms. The van der Waals surface area contributed by atoms with E-state index in [1.807, 2.05) is 0 Å². The third kappa shape index (κ3) is 2.01. The molecular formula is C16H12F4N2. The van der Waals surface area contributed by atoms with Crippen LogP contribution in [0.2, 0.25) is 0 Å². The Morgan fingerprint density at radius 2 is 1.77 bits per heavy atom. The molecule has 2 atom stereocenters. The number of fused-ring (bicyclic) bond motifs is 5. The highest BCUT2D eigenvalue weighted by Gasteiger charge is 2.39. The highest BCUT2D eigenvalue weighted by Crippen LogP contribution is 2.52. The molecule has 1 fully saturated rings. The molecule has 2 aliphatic rings. The molecule has 2 aliphatic carbocycles. The molecule has 1 saturated carbocycles. The summed E-state index contributed by atoms with van der Waals surface area (Å²) in [5, 5.41) is 8.07. The summed E-state index contributed by atoms with van der Waals surface area (Å²) in [6.07, 6.45) is -1.44. The van der Waals surface area contributed by atoms with Gasteiger partial charge in [-0.3, -0.25) is 0 Å². The second kappa shape index (κ2) is 4.51. The number of hydrogen-bond donors (Lipinski definition) is 0. The van der Waals surface area contributed by atoms with E-state index in [9.17, 15) is 17.6 Å². The van der Waals surface area contributed by atoms with Crippen LogP contribution in [0.4, 0.5) is 17.6 Å². The predicted octanol–water partition coefficient (Wildman–Crippen LogP) is 4.67. The fraction of sp³-hybridized carbons (Fsp3) is 0.375. The summed E-state index contributed by atoms with van der Waals surface area (Å²) in [5.41, 5.74) is 0.860. The zero-order valence-corrected chi connectivity index (χ0v) is 11.5. The lowest BCUT2D eigenvalue weighted by molar-refractivity contribution is -0.137. The van der Waals surface area contributed by atoms with Crippen molar-refractivity contribution in [2.75, 3.05) is 0 Å². The van der Waals surface area contributed by atoms with E-state index in [2.05, 4.69) is 10.2 Å². The standard InChI is InChI=1S/C16H12F4N2/c17-10-3-4-13(16(18,19)20)12(6-10)14-7-11-8-1-2-9(5-8)15(11)22-21-14/h3-4,6-9H,1-2,5H2. The van der Waals surface area contributed by atoms with Gasteiger partial charge in [0.1, 0.15) is 5.82 Å². The summed E-state index contributed by atoms with van der Waals surface area (Å²) in [4.78, 5) is 0. The maximum atomic E-state index is 13.4. The van der Waals surface area contributed by atoms with Gasteiger partial charge in [-0.25, -0.2) is 4.39 Å². The molecule has 22 heavy (non-hydrogen) atoms. The Balaban J connectivity index is 1.87. The van der Waals surface area contributed by atoms with Crippen molar-refractivity contribution >= 4 is 0 Å². The number of rotatable bonds is 1. The first-order chi connectivity index (χ1) is 10.4. The lowest BCUT2D eigenvalue weighted by atomic mass is 9.94. The zero-order valence-electron chi connectivity index (χ0n) is 11.5. The van der Waals surface area contributed by atoms with Crippen LogP contribution in [0.1, 0.15) is 47.9 Å². The van der Waals surface area contributed by atoms with Gasteiger partial charge in [0, 0.05) is 11.5 Å². The van der Waals surface area contributed by atoms with E-state index in [1.54, 1.807) is 6.07 Å². The maximum Gasteiger partial charge on any atom is 0.417 e. The summed E-state index contributed by atoms with van der Waals surface area (Å²) in [7, 11) is 0. The molecule has 2 unspecified atom stereocenters. The van der Waals surface area contributed by atoms with Crippen LogP contribution in [0, 0.1) is 5.82 Å². The Hall–Kier alpha value is -1.98. The molecule has 114 valence electrons. The van der Waals surface area contributed by atoms with Crippen LogP contribution in [-0.4, -0.2) is 10.2 Å². The van der Waals surface area contributed by atoms with Gasteiger partial charge >= 0.3 is 6.18 Å². The van der Waals surface area contributed by atoms with Crippen molar-refractivity contribution in [3.8, 4) is 11.3 Å². The van der Waals surface area contributed by atoms with E-state index in [1.165, 1.54) is 0 Å². The molecule has 0 amide bonds. The summed E-state index contributed by atoms with van der Waals surface area (Å²) >= 11 is 0. The molecule has 2 aromatic rings. The van der Waals surface area contributed by atoms with Crippen molar-refractivity contribution in [1.82, 2.24) is 10.2 Å². The Kier molecular flexibility index (Phi) is 2.80. The van der Waals surface area contributed by atoms with E-state index in [4.69, 9.17) is 0 Å².